The van der Waals surface area contributed by atoms with E-state index < -0.39 is 11.8 Å². The summed E-state index contributed by atoms with van der Waals surface area (Å²) in [5, 5.41) is 9.28. The largest absolute Gasteiger partial charge is 0.496 e. The van der Waals surface area contributed by atoms with Crippen LogP contribution in [0.5, 0.6) is 17.2 Å². The van der Waals surface area contributed by atoms with E-state index in [-0.39, 0.29) is 6.42 Å². The highest BCUT2D eigenvalue weighted by atomic mass is 19.1. The Morgan fingerprint density at radius 2 is 1.68 bits per heavy atom. The molecule has 0 radical (unpaired) electrons. The van der Waals surface area contributed by atoms with Gasteiger partial charge in [0.15, 0.2) is 0 Å². The van der Waals surface area contributed by atoms with Gasteiger partial charge in [0, 0.05) is 12.1 Å². The van der Waals surface area contributed by atoms with Crippen LogP contribution in [0.4, 0.5) is 4.39 Å². The number of carbonyl (C=O) groups is 1. The van der Waals surface area contributed by atoms with Crippen molar-refractivity contribution in [3.63, 3.8) is 0 Å². The fourth-order valence-corrected chi connectivity index (χ4v) is 3.45. The lowest BCUT2D eigenvalue weighted by molar-refractivity contribution is -0.135. The minimum absolute atomic E-state index is 0.184. The molecule has 0 heterocycles. The second kappa shape index (κ2) is 7.76. The van der Waals surface area contributed by atoms with Crippen molar-refractivity contribution in [2.24, 2.45) is 0 Å². The van der Waals surface area contributed by atoms with Crippen molar-refractivity contribution in [2.45, 2.75) is 13.3 Å². The normalized spacial score (nSPS) is 14.2. The van der Waals surface area contributed by atoms with Gasteiger partial charge >= 0.3 is 5.97 Å². The van der Waals surface area contributed by atoms with Gasteiger partial charge < -0.3 is 19.3 Å². The van der Waals surface area contributed by atoms with Crippen LogP contribution >= 0.6 is 0 Å². The van der Waals surface area contributed by atoms with Gasteiger partial charge in [0.05, 0.1) is 33.3 Å². The Labute approximate surface area is 162 Å². The van der Waals surface area contributed by atoms with Crippen molar-refractivity contribution in [2.75, 3.05) is 21.3 Å². The van der Waals surface area contributed by atoms with Crippen molar-refractivity contribution in [3.05, 3.63) is 58.4 Å². The van der Waals surface area contributed by atoms with Crippen molar-refractivity contribution >= 4 is 23.2 Å². The highest BCUT2D eigenvalue weighted by molar-refractivity contribution is 6.08. The number of hydrogen-bond donors (Lipinski definition) is 1. The van der Waals surface area contributed by atoms with E-state index in [4.69, 9.17) is 14.2 Å². The summed E-state index contributed by atoms with van der Waals surface area (Å²) in [5.41, 5.74) is 4.23. The zero-order valence-electron chi connectivity index (χ0n) is 16.1. The highest BCUT2D eigenvalue weighted by Crippen LogP contribution is 2.46. The van der Waals surface area contributed by atoms with Gasteiger partial charge in [-0.1, -0.05) is 6.07 Å². The summed E-state index contributed by atoms with van der Waals surface area (Å²) < 4.78 is 30.1. The molecule has 6 heteroatoms. The standard InChI is InChI=1S/C22H21FO5/c1-12-16(10-19-20(27-3)8-14(26-2)9-21(19)28-4)15-6-5-13(23)7-18(15)17(12)11-22(24)25/h5-10H,11H2,1-4H3,(H,24,25)/b16-10+. The van der Waals surface area contributed by atoms with E-state index in [1.807, 2.05) is 13.0 Å². The van der Waals surface area contributed by atoms with Crippen LogP contribution in [0.3, 0.4) is 0 Å². The Morgan fingerprint density at radius 3 is 2.21 bits per heavy atom. The average molecular weight is 384 g/mol. The lowest BCUT2D eigenvalue weighted by Gasteiger charge is -2.14. The molecule has 0 saturated carbocycles. The van der Waals surface area contributed by atoms with Crippen LogP contribution in [0.25, 0.3) is 17.2 Å². The number of rotatable bonds is 6. The molecule has 1 N–H and O–H groups in total. The highest BCUT2D eigenvalue weighted by Gasteiger charge is 2.26. The SMILES string of the molecule is COc1cc(OC)c(/C=C2\C(C)=C(CC(=O)O)c3cc(F)ccc32)c(OC)c1. The summed E-state index contributed by atoms with van der Waals surface area (Å²) in [4.78, 5) is 11.3. The fourth-order valence-electron chi connectivity index (χ4n) is 3.45. The molecular formula is C22H21FO5. The number of carboxylic acids is 1. The molecule has 0 spiro atoms. The third-order valence-electron chi connectivity index (χ3n) is 4.82. The monoisotopic (exact) mass is 384 g/mol. The summed E-state index contributed by atoms with van der Waals surface area (Å²) in [5.74, 6) is 0.308. The molecule has 0 amide bonds. The van der Waals surface area contributed by atoms with Crippen LogP contribution in [0.2, 0.25) is 0 Å². The molecule has 1 aliphatic rings. The number of ether oxygens (including phenoxy) is 3. The number of allylic oxidation sites excluding steroid dienone is 2. The van der Waals surface area contributed by atoms with E-state index in [0.717, 1.165) is 16.7 Å². The zero-order chi connectivity index (χ0) is 20.4. The molecular weight excluding hydrogens is 363 g/mol. The molecule has 0 saturated heterocycles. The van der Waals surface area contributed by atoms with Gasteiger partial charge in [0.2, 0.25) is 0 Å². The van der Waals surface area contributed by atoms with Gasteiger partial charge in [-0.2, -0.15) is 0 Å². The third kappa shape index (κ3) is 3.45. The minimum atomic E-state index is -0.967. The van der Waals surface area contributed by atoms with Gasteiger partial charge in [-0.05, 0) is 53.0 Å². The summed E-state index contributed by atoms with van der Waals surface area (Å²) in [6.45, 7) is 1.84. The molecule has 5 nitrogen and oxygen atoms in total. The van der Waals surface area contributed by atoms with E-state index in [0.29, 0.717) is 33.9 Å². The summed E-state index contributed by atoms with van der Waals surface area (Å²) in [6.07, 6.45) is 1.69. The van der Waals surface area contributed by atoms with E-state index in [2.05, 4.69) is 0 Å². The van der Waals surface area contributed by atoms with Crippen LogP contribution in [0.1, 0.15) is 30.0 Å². The summed E-state index contributed by atoms with van der Waals surface area (Å²) in [7, 11) is 4.65. The second-order valence-electron chi connectivity index (χ2n) is 6.37. The van der Waals surface area contributed by atoms with E-state index in [1.54, 1.807) is 39.5 Å². The number of aliphatic carboxylic acids is 1. The Kier molecular flexibility index (Phi) is 5.40. The topological polar surface area (TPSA) is 65.0 Å². The molecule has 146 valence electrons. The number of carboxylic acid groups (broad SMARTS) is 1. The second-order valence-corrected chi connectivity index (χ2v) is 6.37. The third-order valence-corrected chi connectivity index (χ3v) is 4.82. The number of methoxy groups -OCH3 is 3. The predicted molar refractivity (Wildman–Crippen MR) is 105 cm³/mol. The van der Waals surface area contributed by atoms with Crippen LogP contribution in [-0.2, 0) is 4.79 Å². The van der Waals surface area contributed by atoms with Crippen molar-refractivity contribution in [1.29, 1.82) is 0 Å². The maximum Gasteiger partial charge on any atom is 0.307 e. The molecule has 0 bridgehead atoms. The average Bonchev–Trinajstić information content (AvgIpc) is 2.92. The fraction of sp³-hybridized carbons (Fsp3) is 0.227. The van der Waals surface area contributed by atoms with Crippen molar-refractivity contribution in [1.82, 2.24) is 0 Å². The van der Waals surface area contributed by atoms with Crippen molar-refractivity contribution < 1.29 is 28.5 Å². The van der Waals surface area contributed by atoms with Gasteiger partial charge in [-0.15, -0.1) is 0 Å². The maximum absolute atomic E-state index is 13.8. The first-order chi connectivity index (χ1) is 13.4. The molecule has 3 rings (SSSR count). The summed E-state index contributed by atoms with van der Waals surface area (Å²) >= 11 is 0. The zero-order valence-corrected chi connectivity index (χ0v) is 16.1. The van der Waals surface area contributed by atoms with E-state index in [1.165, 1.54) is 12.1 Å². The summed E-state index contributed by atoms with van der Waals surface area (Å²) in [6, 6.07) is 7.89. The number of benzene rings is 2. The quantitative estimate of drug-likeness (QED) is 0.785. The van der Waals surface area contributed by atoms with Gasteiger partial charge in [0.25, 0.3) is 0 Å². The van der Waals surface area contributed by atoms with E-state index in [9.17, 15) is 14.3 Å². The molecule has 2 aromatic rings. The first-order valence-electron chi connectivity index (χ1n) is 8.63. The lowest BCUT2D eigenvalue weighted by atomic mass is 9.99. The van der Waals surface area contributed by atoms with Crippen molar-refractivity contribution in [3.8, 4) is 17.2 Å². The number of halogens is 1. The molecule has 0 unspecified atom stereocenters. The predicted octanol–water partition coefficient (Wildman–Crippen LogP) is 4.65. The Bertz CT molecular complexity index is 979. The lowest BCUT2D eigenvalue weighted by Crippen LogP contribution is -1.97. The molecule has 0 aliphatic heterocycles. The first kappa shape index (κ1) is 19.5. The number of fused-ring (bicyclic) bond motifs is 1. The van der Waals surface area contributed by atoms with Crippen LogP contribution < -0.4 is 14.2 Å². The molecule has 2 aromatic carbocycles. The van der Waals surface area contributed by atoms with Gasteiger partial charge in [0.1, 0.15) is 23.1 Å². The van der Waals surface area contributed by atoms with Crippen LogP contribution in [0, 0.1) is 5.82 Å². The Morgan fingerprint density at radius 1 is 1.04 bits per heavy atom. The Hall–Kier alpha value is -3.28. The smallest absolute Gasteiger partial charge is 0.307 e. The number of hydrogen-bond acceptors (Lipinski definition) is 4. The first-order valence-corrected chi connectivity index (χ1v) is 8.63. The minimum Gasteiger partial charge on any atom is -0.496 e. The molecule has 28 heavy (non-hydrogen) atoms. The maximum atomic E-state index is 13.8. The van der Waals surface area contributed by atoms with Gasteiger partial charge in [-0.25, -0.2) is 4.39 Å². The Balaban J connectivity index is 2.25. The molecule has 1 aliphatic carbocycles. The van der Waals surface area contributed by atoms with Crippen LogP contribution in [0.15, 0.2) is 35.9 Å². The molecule has 0 atom stereocenters. The molecule has 0 aromatic heterocycles. The van der Waals surface area contributed by atoms with Crippen LogP contribution in [-0.4, -0.2) is 32.4 Å². The molecule has 0 fully saturated rings. The van der Waals surface area contributed by atoms with E-state index >= 15 is 0 Å². The van der Waals surface area contributed by atoms with Gasteiger partial charge in [-0.3, -0.25) is 4.79 Å².